The molecule has 0 fully saturated rings. The van der Waals surface area contributed by atoms with Gasteiger partial charge in [-0.15, -0.1) is 0 Å². The van der Waals surface area contributed by atoms with Crippen molar-refractivity contribution >= 4 is 17.9 Å². The fourth-order valence-electron chi connectivity index (χ4n) is 9.61. The van der Waals surface area contributed by atoms with E-state index < -0.39 is 6.10 Å². The zero-order valence-electron chi connectivity index (χ0n) is 51.2. The molecule has 0 aliphatic heterocycles. The van der Waals surface area contributed by atoms with E-state index in [0.29, 0.717) is 19.3 Å². The highest BCUT2D eigenvalue weighted by atomic mass is 16.6. The van der Waals surface area contributed by atoms with E-state index in [1.807, 2.05) is 0 Å². The summed E-state index contributed by atoms with van der Waals surface area (Å²) in [6, 6.07) is 0. The minimum absolute atomic E-state index is 0.0829. The number of allylic oxidation sites excluding steroid dienone is 12. The van der Waals surface area contributed by atoms with Crippen LogP contribution in [0.5, 0.6) is 0 Å². The van der Waals surface area contributed by atoms with Crippen LogP contribution in [0.15, 0.2) is 72.9 Å². The van der Waals surface area contributed by atoms with Crippen LogP contribution in [0.4, 0.5) is 0 Å². The molecule has 0 aliphatic rings. The Kier molecular flexibility index (Phi) is 62.7. The average molecular weight is 1080 g/mol. The summed E-state index contributed by atoms with van der Waals surface area (Å²) in [4.78, 5) is 38.2. The first-order chi connectivity index (χ1) is 38.0. The van der Waals surface area contributed by atoms with E-state index in [9.17, 15) is 14.4 Å². The molecule has 0 rings (SSSR count). The molecular formula is C71H126O6. The van der Waals surface area contributed by atoms with Gasteiger partial charge in [0.15, 0.2) is 6.10 Å². The Labute approximate surface area is 478 Å². The Bertz CT molecular complexity index is 1420. The number of hydrogen-bond donors (Lipinski definition) is 0. The summed E-state index contributed by atoms with van der Waals surface area (Å²) >= 11 is 0. The molecule has 6 nitrogen and oxygen atoms in total. The molecule has 0 aromatic rings. The van der Waals surface area contributed by atoms with Crippen molar-refractivity contribution in [1.82, 2.24) is 0 Å². The lowest BCUT2D eigenvalue weighted by Gasteiger charge is -2.18. The number of esters is 3. The lowest BCUT2D eigenvalue weighted by atomic mass is 10.0. The molecular weight excluding hydrogens is 949 g/mol. The normalized spacial score (nSPS) is 12.5. The van der Waals surface area contributed by atoms with E-state index in [4.69, 9.17) is 14.2 Å². The molecule has 0 aromatic heterocycles. The highest BCUT2D eigenvalue weighted by Gasteiger charge is 2.19. The standard InChI is InChI=1S/C71H126O6/c1-4-7-10-13-16-19-22-25-26-27-28-29-30-31-32-33-34-35-36-37-38-39-40-41-42-43-44-47-49-52-55-58-61-64-70(73)76-67-68(77-71(74)65-62-59-56-53-50-46-24-21-18-15-12-9-6-3)66-75-69(72)63-60-57-54-51-48-45-23-20-17-14-11-8-5-2/h11-12,14-15,20-25,27-28,68H,4-10,13,16-19,26,29-67H2,1-3H3/b14-11-,15-12-,23-20-,24-21-,25-22-,28-27-. The van der Waals surface area contributed by atoms with E-state index in [1.165, 1.54) is 180 Å². The van der Waals surface area contributed by atoms with Gasteiger partial charge in [-0.2, -0.15) is 0 Å². The van der Waals surface area contributed by atoms with Crippen LogP contribution in [-0.4, -0.2) is 37.2 Å². The van der Waals surface area contributed by atoms with Crippen molar-refractivity contribution in [2.45, 2.75) is 348 Å². The summed E-state index contributed by atoms with van der Waals surface area (Å²) in [7, 11) is 0. The van der Waals surface area contributed by atoms with Crippen LogP contribution < -0.4 is 0 Å². The van der Waals surface area contributed by atoms with Gasteiger partial charge in [0, 0.05) is 19.3 Å². The highest BCUT2D eigenvalue weighted by molar-refractivity contribution is 5.71. The van der Waals surface area contributed by atoms with Crippen LogP contribution in [0, 0.1) is 0 Å². The van der Waals surface area contributed by atoms with Crippen LogP contribution >= 0.6 is 0 Å². The van der Waals surface area contributed by atoms with E-state index >= 15 is 0 Å². The second-order valence-corrected chi connectivity index (χ2v) is 22.4. The van der Waals surface area contributed by atoms with Gasteiger partial charge in [-0.25, -0.2) is 0 Å². The van der Waals surface area contributed by atoms with Gasteiger partial charge >= 0.3 is 17.9 Å². The number of unbranched alkanes of at least 4 members (excludes halogenated alkanes) is 38. The van der Waals surface area contributed by atoms with Gasteiger partial charge in [0.2, 0.25) is 0 Å². The molecule has 446 valence electrons. The van der Waals surface area contributed by atoms with Gasteiger partial charge in [0.25, 0.3) is 0 Å². The van der Waals surface area contributed by atoms with Crippen molar-refractivity contribution in [3.05, 3.63) is 72.9 Å². The van der Waals surface area contributed by atoms with Crippen molar-refractivity contribution in [1.29, 1.82) is 0 Å². The molecule has 6 heteroatoms. The van der Waals surface area contributed by atoms with Gasteiger partial charge in [0.1, 0.15) is 13.2 Å². The Balaban J connectivity index is 4.08. The molecule has 1 atom stereocenters. The summed E-state index contributed by atoms with van der Waals surface area (Å²) in [5.41, 5.74) is 0. The smallest absolute Gasteiger partial charge is 0.306 e. The monoisotopic (exact) mass is 1070 g/mol. The minimum Gasteiger partial charge on any atom is -0.462 e. The van der Waals surface area contributed by atoms with Crippen LogP contribution in [0.25, 0.3) is 0 Å². The van der Waals surface area contributed by atoms with Crippen LogP contribution in [0.2, 0.25) is 0 Å². The fraction of sp³-hybridized carbons (Fsp3) is 0.789. The third-order valence-electron chi connectivity index (χ3n) is 14.6. The van der Waals surface area contributed by atoms with Gasteiger partial charge in [0.05, 0.1) is 0 Å². The second-order valence-electron chi connectivity index (χ2n) is 22.4. The maximum Gasteiger partial charge on any atom is 0.306 e. The predicted octanol–water partition coefficient (Wildman–Crippen LogP) is 22.9. The summed E-state index contributed by atoms with van der Waals surface area (Å²) in [5.74, 6) is -0.899. The maximum absolute atomic E-state index is 12.9. The molecule has 0 N–H and O–H groups in total. The number of hydrogen-bond acceptors (Lipinski definition) is 6. The molecule has 0 saturated heterocycles. The van der Waals surface area contributed by atoms with E-state index in [0.717, 1.165) is 122 Å². The quantitative estimate of drug-likeness (QED) is 0.0261. The van der Waals surface area contributed by atoms with Crippen molar-refractivity contribution < 1.29 is 28.6 Å². The van der Waals surface area contributed by atoms with Gasteiger partial charge < -0.3 is 14.2 Å². The lowest BCUT2D eigenvalue weighted by molar-refractivity contribution is -0.167. The predicted molar refractivity (Wildman–Crippen MR) is 335 cm³/mol. The van der Waals surface area contributed by atoms with E-state index in [1.54, 1.807) is 0 Å². The Morgan fingerprint density at radius 1 is 0.260 bits per heavy atom. The lowest BCUT2D eigenvalue weighted by Crippen LogP contribution is -2.30. The maximum atomic E-state index is 12.9. The number of carbonyl (C=O) groups excluding carboxylic acids is 3. The van der Waals surface area contributed by atoms with Gasteiger partial charge in [-0.3, -0.25) is 14.4 Å². The molecule has 1 unspecified atom stereocenters. The first-order valence-corrected chi connectivity index (χ1v) is 33.4. The molecule has 0 aliphatic carbocycles. The fourth-order valence-corrected chi connectivity index (χ4v) is 9.61. The topological polar surface area (TPSA) is 78.9 Å². The zero-order valence-corrected chi connectivity index (χ0v) is 51.2. The zero-order chi connectivity index (χ0) is 55.7. The van der Waals surface area contributed by atoms with Gasteiger partial charge in [-0.1, -0.05) is 293 Å². The molecule has 0 saturated carbocycles. The molecule has 0 bridgehead atoms. The average Bonchev–Trinajstić information content (AvgIpc) is 3.43. The van der Waals surface area contributed by atoms with Crippen molar-refractivity contribution in [3.8, 4) is 0 Å². The highest BCUT2D eigenvalue weighted by Crippen LogP contribution is 2.17. The molecule has 77 heavy (non-hydrogen) atoms. The number of rotatable bonds is 61. The molecule has 0 spiro atoms. The number of carbonyl (C=O) groups is 3. The summed E-state index contributed by atoms with van der Waals surface area (Å²) in [6.45, 7) is 6.51. The third-order valence-corrected chi connectivity index (χ3v) is 14.6. The molecule has 0 radical (unpaired) electrons. The van der Waals surface area contributed by atoms with Crippen molar-refractivity contribution in [2.75, 3.05) is 13.2 Å². The summed E-state index contributed by atoms with van der Waals surface area (Å²) in [6.07, 6.45) is 85.1. The molecule has 0 amide bonds. The SMILES string of the molecule is CCC/C=C\C/C=C\CCCCCCCC(=O)OCC(COC(=O)CCCCCCCCCCCCCCCCCCCCCCC/C=C\C/C=C\CCCCCCC)OC(=O)CCCCCCC/C=C\C/C=C\CCC. The van der Waals surface area contributed by atoms with Crippen molar-refractivity contribution in [2.24, 2.45) is 0 Å². The molecule has 0 heterocycles. The van der Waals surface area contributed by atoms with Crippen LogP contribution in [0.1, 0.15) is 342 Å². The molecule has 0 aromatic carbocycles. The second kappa shape index (κ2) is 65.4. The largest absolute Gasteiger partial charge is 0.462 e. The summed E-state index contributed by atoms with van der Waals surface area (Å²) in [5, 5.41) is 0. The van der Waals surface area contributed by atoms with E-state index in [-0.39, 0.29) is 31.1 Å². The summed E-state index contributed by atoms with van der Waals surface area (Å²) < 4.78 is 16.9. The Hall–Kier alpha value is -3.15. The Morgan fingerprint density at radius 2 is 0.494 bits per heavy atom. The first-order valence-electron chi connectivity index (χ1n) is 33.4. The minimum atomic E-state index is -0.787. The van der Waals surface area contributed by atoms with E-state index in [2.05, 4.69) is 93.7 Å². The first kappa shape index (κ1) is 73.8. The van der Waals surface area contributed by atoms with Crippen LogP contribution in [0.3, 0.4) is 0 Å². The van der Waals surface area contributed by atoms with Crippen LogP contribution in [-0.2, 0) is 28.6 Å². The van der Waals surface area contributed by atoms with Gasteiger partial charge in [-0.05, 0) is 103 Å². The number of ether oxygens (including phenoxy) is 3. The van der Waals surface area contributed by atoms with Crippen molar-refractivity contribution in [3.63, 3.8) is 0 Å². The third kappa shape index (κ3) is 63.6. The Morgan fingerprint density at radius 3 is 0.766 bits per heavy atom.